The fraction of sp³-hybridized carbons (Fsp3) is 0.308. The number of nitrogens with one attached hydrogen (secondary N) is 1. The highest BCUT2D eigenvalue weighted by molar-refractivity contribution is 5.92. The van der Waals surface area contributed by atoms with E-state index in [1.807, 2.05) is 6.08 Å². The third-order valence-corrected chi connectivity index (χ3v) is 2.86. The summed E-state index contributed by atoms with van der Waals surface area (Å²) in [5.74, 6) is -0.971. The Hall–Kier alpha value is -2.17. The Bertz CT molecular complexity index is 497. The SMILES string of the molecule is O=C(O)c1cccc(NC(=O)C2CC=CCC2)n1. The lowest BCUT2D eigenvalue weighted by Crippen LogP contribution is -2.24. The number of carboxylic acids is 1. The number of nitrogens with zero attached hydrogens (tertiary/aromatic N) is 1. The molecule has 0 aromatic carbocycles. The second-order valence-electron chi connectivity index (χ2n) is 4.18. The van der Waals surface area contributed by atoms with Crippen LogP contribution in [0.15, 0.2) is 30.4 Å². The third kappa shape index (κ3) is 2.94. The molecule has 0 bridgehead atoms. The highest BCUT2D eigenvalue weighted by atomic mass is 16.4. The van der Waals surface area contributed by atoms with Crippen molar-refractivity contribution in [1.29, 1.82) is 0 Å². The molecule has 18 heavy (non-hydrogen) atoms. The summed E-state index contributed by atoms with van der Waals surface area (Å²) in [6.45, 7) is 0. The number of hydrogen-bond acceptors (Lipinski definition) is 3. The molecule has 1 aromatic rings. The molecule has 94 valence electrons. The Balaban J connectivity index is 2.04. The van der Waals surface area contributed by atoms with Crippen LogP contribution in [0.4, 0.5) is 5.82 Å². The van der Waals surface area contributed by atoms with Crippen LogP contribution < -0.4 is 5.32 Å². The number of aromatic nitrogens is 1. The van der Waals surface area contributed by atoms with Crippen molar-refractivity contribution in [3.8, 4) is 0 Å². The largest absolute Gasteiger partial charge is 0.477 e. The van der Waals surface area contributed by atoms with Gasteiger partial charge < -0.3 is 10.4 Å². The van der Waals surface area contributed by atoms with E-state index in [4.69, 9.17) is 5.11 Å². The quantitative estimate of drug-likeness (QED) is 0.800. The average Bonchev–Trinajstić information content (AvgIpc) is 2.40. The Kier molecular flexibility index (Phi) is 3.72. The summed E-state index contributed by atoms with van der Waals surface area (Å²) in [5.41, 5.74) is -0.0728. The fourth-order valence-electron chi connectivity index (χ4n) is 1.88. The first kappa shape index (κ1) is 12.3. The molecule has 0 spiro atoms. The van der Waals surface area contributed by atoms with Gasteiger partial charge in [0.2, 0.25) is 5.91 Å². The maximum absolute atomic E-state index is 11.9. The molecule has 1 amide bonds. The molecule has 1 unspecified atom stereocenters. The molecule has 5 nitrogen and oxygen atoms in total. The van der Waals surface area contributed by atoms with Crippen LogP contribution in [-0.4, -0.2) is 22.0 Å². The molecule has 0 fully saturated rings. The highest BCUT2D eigenvalue weighted by Gasteiger charge is 2.19. The number of carbonyl (C=O) groups excluding carboxylic acids is 1. The van der Waals surface area contributed by atoms with Crippen molar-refractivity contribution in [3.05, 3.63) is 36.0 Å². The second-order valence-corrected chi connectivity index (χ2v) is 4.18. The Labute approximate surface area is 105 Å². The Morgan fingerprint density at radius 3 is 2.83 bits per heavy atom. The van der Waals surface area contributed by atoms with E-state index in [1.54, 1.807) is 12.1 Å². The van der Waals surface area contributed by atoms with Gasteiger partial charge in [-0.3, -0.25) is 4.79 Å². The number of pyridine rings is 1. The molecule has 1 aliphatic rings. The number of aromatic carboxylic acids is 1. The second kappa shape index (κ2) is 5.44. The van der Waals surface area contributed by atoms with Crippen LogP contribution in [0.2, 0.25) is 0 Å². The van der Waals surface area contributed by atoms with Gasteiger partial charge in [-0.25, -0.2) is 9.78 Å². The Morgan fingerprint density at radius 1 is 1.33 bits per heavy atom. The number of anilines is 1. The number of carbonyl (C=O) groups is 2. The molecule has 1 heterocycles. The highest BCUT2D eigenvalue weighted by Crippen LogP contribution is 2.19. The maximum Gasteiger partial charge on any atom is 0.354 e. The zero-order valence-corrected chi connectivity index (χ0v) is 9.80. The summed E-state index contributed by atoms with van der Waals surface area (Å²) in [6, 6.07) is 4.54. The normalized spacial score (nSPS) is 18.3. The predicted octanol–water partition coefficient (Wildman–Crippen LogP) is 2.07. The first-order valence-corrected chi connectivity index (χ1v) is 5.83. The van der Waals surface area contributed by atoms with Gasteiger partial charge >= 0.3 is 5.97 Å². The minimum absolute atomic E-state index is 0.0507. The van der Waals surface area contributed by atoms with Gasteiger partial charge in [0.25, 0.3) is 0 Å². The van der Waals surface area contributed by atoms with Crippen LogP contribution >= 0.6 is 0 Å². The van der Waals surface area contributed by atoms with Crippen molar-refractivity contribution in [3.63, 3.8) is 0 Å². The van der Waals surface area contributed by atoms with Gasteiger partial charge in [0.1, 0.15) is 5.82 Å². The van der Waals surface area contributed by atoms with E-state index in [2.05, 4.69) is 16.4 Å². The summed E-state index contributed by atoms with van der Waals surface area (Å²) in [4.78, 5) is 26.5. The van der Waals surface area contributed by atoms with E-state index < -0.39 is 5.97 Å². The summed E-state index contributed by atoms with van der Waals surface area (Å²) in [5, 5.41) is 11.5. The molecule has 1 aromatic heterocycles. The van der Waals surface area contributed by atoms with E-state index in [-0.39, 0.29) is 23.3 Å². The Morgan fingerprint density at radius 2 is 2.17 bits per heavy atom. The first-order valence-electron chi connectivity index (χ1n) is 5.83. The van der Waals surface area contributed by atoms with Crippen molar-refractivity contribution in [2.75, 3.05) is 5.32 Å². The minimum Gasteiger partial charge on any atom is -0.477 e. The predicted molar refractivity (Wildman–Crippen MR) is 66.3 cm³/mol. The van der Waals surface area contributed by atoms with Crippen molar-refractivity contribution < 1.29 is 14.7 Å². The smallest absolute Gasteiger partial charge is 0.354 e. The standard InChI is InChI=1S/C13H14N2O3/c16-12(9-5-2-1-3-6-9)15-11-8-4-7-10(14-11)13(17)18/h1-2,4,7-9H,3,5-6H2,(H,17,18)(H,14,15,16). The van der Waals surface area contributed by atoms with Crippen LogP contribution in [0.1, 0.15) is 29.8 Å². The lowest BCUT2D eigenvalue weighted by atomic mass is 9.94. The molecule has 0 saturated heterocycles. The van der Waals surface area contributed by atoms with Crippen LogP contribution in [-0.2, 0) is 4.79 Å². The molecule has 0 aliphatic heterocycles. The topological polar surface area (TPSA) is 79.3 Å². The van der Waals surface area contributed by atoms with E-state index in [0.717, 1.165) is 19.3 Å². The fourth-order valence-corrected chi connectivity index (χ4v) is 1.88. The van der Waals surface area contributed by atoms with Crippen LogP contribution in [0.5, 0.6) is 0 Å². The zero-order valence-electron chi connectivity index (χ0n) is 9.80. The van der Waals surface area contributed by atoms with Crippen LogP contribution in [0.25, 0.3) is 0 Å². The van der Waals surface area contributed by atoms with Crippen molar-refractivity contribution in [2.24, 2.45) is 5.92 Å². The third-order valence-electron chi connectivity index (χ3n) is 2.86. The van der Waals surface area contributed by atoms with E-state index >= 15 is 0 Å². The molecule has 0 saturated carbocycles. The van der Waals surface area contributed by atoms with Crippen molar-refractivity contribution >= 4 is 17.7 Å². The molecular weight excluding hydrogens is 232 g/mol. The number of carboxylic acid groups (broad SMARTS) is 1. The van der Waals surface area contributed by atoms with E-state index in [9.17, 15) is 9.59 Å². The van der Waals surface area contributed by atoms with Gasteiger partial charge in [-0.1, -0.05) is 18.2 Å². The van der Waals surface area contributed by atoms with Gasteiger partial charge in [-0.05, 0) is 31.4 Å². The lowest BCUT2D eigenvalue weighted by Gasteiger charge is -2.16. The molecule has 2 N–H and O–H groups in total. The molecule has 2 rings (SSSR count). The van der Waals surface area contributed by atoms with Crippen LogP contribution in [0.3, 0.4) is 0 Å². The summed E-state index contributed by atoms with van der Waals surface area (Å²) in [6.07, 6.45) is 6.51. The molecule has 1 atom stereocenters. The molecular formula is C13H14N2O3. The average molecular weight is 246 g/mol. The monoisotopic (exact) mass is 246 g/mol. The van der Waals surface area contributed by atoms with Gasteiger partial charge in [0, 0.05) is 5.92 Å². The van der Waals surface area contributed by atoms with Gasteiger partial charge in [-0.15, -0.1) is 0 Å². The van der Waals surface area contributed by atoms with Gasteiger partial charge in [0.05, 0.1) is 0 Å². The number of allylic oxidation sites excluding steroid dienone is 2. The summed E-state index contributed by atoms with van der Waals surface area (Å²) < 4.78 is 0. The summed E-state index contributed by atoms with van der Waals surface area (Å²) >= 11 is 0. The van der Waals surface area contributed by atoms with Crippen LogP contribution in [0, 0.1) is 5.92 Å². The number of hydrogen-bond donors (Lipinski definition) is 2. The number of rotatable bonds is 3. The van der Waals surface area contributed by atoms with E-state index in [1.165, 1.54) is 6.07 Å². The molecule has 1 aliphatic carbocycles. The van der Waals surface area contributed by atoms with E-state index in [0.29, 0.717) is 0 Å². The summed E-state index contributed by atoms with van der Waals surface area (Å²) in [7, 11) is 0. The minimum atomic E-state index is -1.10. The van der Waals surface area contributed by atoms with Gasteiger partial charge in [-0.2, -0.15) is 0 Å². The van der Waals surface area contributed by atoms with Crippen molar-refractivity contribution in [2.45, 2.75) is 19.3 Å². The van der Waals surface area contributed by atoms with Crippen molar-refractivity contribution in [1.82, 2.24) is 4.98 Å². The number of amides is 1. The maximum atomic E-state index is 11.9. The molecule has 0 radical (unpaired) electrons. The lowest BCUT2D eigenvalue weighted by molar-refractivity contribution is -0.120. The van der Waals surface area contributed by atoms with Gasteiger partial charge in [0.15, 0.2) is 5.69 Å². The first-order chi connectivity index (χ1) is 8.66. The zero-order chi connectivity index (χ0) is 13.0. The molecule has 5 heteroatoms.